The van der Waals surface area contributed by atoms with Crippen LogP contribution in [0.15, 0.2) is 4.99 Å². The van der Waals surface area contributed by atoms with Gasteiger partial charge in [0.25, 0.3) is 0 Å². The number of thioether (sulfide) groups is 1. The van der Waals surface area contributed by atoms with E-state index in [9.17, 15) is 0 Å². The first-order chi connectivity index (χ1) is 11.0. The van der Waals surface area contributed by atoms with Crippen LogP contribution < -0.4 is 10.6 Å². The summed E-state index contributed by atoms with van der Waals surface area (Å²) >= 11 is 1.95. The summed E-state index contributed by atoms with van der Waals surface area (Å²) < 4.78 is 11.7. The standard InChI is InChI=1S/C17H31N3O2S.HI/c1-16(2)13(12-5-8-22-14(12)16)20-15(18-3)19-11-17(23-4)6-9-21-10-7-17;/h12-14H,5-11H2,1-4H3,(H2,18,19,20);1H. The maximum Gasteiger partial charge on any atom is 0.191 e. The third kappa shape index (κ3) is 3.83. The van der Waals surface area contributed by atoms with Gasteiger partial charge in [-0.1, -0.05) is 13.8 Å². The summed E-state index contributed by atoms with van der Waals surface area (Å²) in [6, 6.07) is 0.445. The second-order valence-corrected chi connectivity index (χ2v) is 8.89. The number of fused-ring (bicyclic) bond motifs is 1. The maximum atomic E-state index is 5.88. The molecule has 3 fully saturated rings. The molecule has 1 aliphatic carbocycles. The summed E-state index contributed by atoms with van der Waals surface area (Å²) in [4.78, 5) is 4.45. The lowest BCUT2D eigenvalue weighted by molar-refractivity contribution is -0.106. The summed E-state index contributed by atoms with van der Waals surface area (Å²) in [7, 11) is 1.86. The van der Waals surface area contributed by atoms with E-state index in [0.29, 0.717) is 18.1 Å². The third-order valence-corrected chi connectivity index (χ3v) is 7.45. The molecule has 3 rings (SSSR count). The topological polar surface area (TPSA) is 54.9 Å². The van der Waals surface area contributed by atoms with E-state index in [1.807, 2.05) is 18.8 Å². The Bertz CT molecular complexity index is 455. The molecule has 3 atom stereocenters. The van der Waals surface area contributed by atoms with Crippen LogP contribution in [0, 0.1) is 11.3 Å². The summed E-state index contributed by atoms with van der Waals surface area (Å²) in [6.45, 7) is 8.17. The van der Waals surface area contributed by atoms with E-state index in [0.717, 1.165) is 51.6 Å². The van der Waals surface area contributed by atoms with Crippen LogP contribution in [0.1, 0.15) is 33.1 Å². The van der Waals surface area contributed by atoms with Gasteiger partial charge in [-0.05, 0) is 25.5 Å². The van der Waals surface area contributed by atoms with Gasteiger partial charge >= 0.3 is 0 Å². The number of aliphatic imine (C=N–C) groups is 1. The van der Waals surface area contributed by atoms with Crippen molar-refractivity contribution in [3.63, 3.8) is 0 Å². The molecule has 0 aromatic heterocycles. The number of rotatable bonds is 4. The van der Waals surface area contributed by atoms with Gasteiger partial charge in [-0.15, -0.1) is 24.0 Å². The number of ether oxygens (including phenoxy) is 2. The van der Waals surface area contributed by atoms with Crippen molar-refractivity contribution in [3.8, 4) is 0 Å². The second kappa shape index (κ2) is 8.31. The van der Waals surface area contributed by atoms with Crippen molar-refractivity contribution in [2.75, 3.05) is 39.7 Å². The van der Waals surface area contributed by atoms with E-state index in [-0.39, 0.29) is 34.1 Å². The molecular formula is C17H32IN3O2S. The fourth-order valence-electron chi connectivity index (χ4n) is 4.40. The zero-order valence-corrected chi connectivity index (χ0v) is 18.4. The van der Waals surface area contributed by atoms with Crippen LogP contribution in [0.5, 0.6) is 0 Å². The molecule has 0 aromatic rings. The highest BCUT2D eigenvalue weighted by Crippen LogP contribution is 2.52. The van der Waals surface area contributed by atoms with Crippen LogP contribution >= 0.6 is 35.7 Å². The first-order valence-corrected chi connectivity index (χ1v) is 9.96. The fourth-order valence-corrected chi connectivity index (χ4v) is 5.19. The quantitative estimate of drug-likeness (QED) is 0.377. The van der Waals surface area contributed by atoms with Gasteiger partial charge < -0.3 is 20.1 Å². The molecule has 2 saturated heterocycles. The van der Waals surface area contributed by atoms with Crippen molar-refractivity contribution < 1.29 is 9.47 Å². The SMILES string of the molecule is CN=C(NCC1(SC)CCOCC1)NC1C2CCOC2C1(C)C.I. The molecule has 1 saturated carbocycles. The van der Waals surface area contributed by atoms with Gasteiger partial charge in [0.1, 0.15) is 0 Å². The normalized spacial score (nSPS) is 33.8. The molecule has 7 heteroatoms. The van der Waals surface area contributed by atoms with Crippen LogP contribution in [-0.4, -0.2) is 62.5 Å². The molecule has 3 unspecified atom stereocenters. The number of nitrogens with one attached hydrogen (secondary N) is 2. The lowest BCUT2D eigenvalue weighted by Gasteiger charge is -2.55. The Morgan fingerprint density at radius 1 is 1.25 bits per heavy atom. The molecule has 2 aliphatic heterocycles. The summed E-state index contributed by atoms with van der Waals surface area (Å²) in [5.74, 6) is 1.55. The highest BCUT2D eigenvalue weighted by atomic mass is 127. The lowest BCUT2D eigenvalue weighted by Crippen LogP contribution is -2.68. The van der Waals surface area contributed by atoms with E-state index in [4.69, 9.17) is 9.47 Å². The van der Waals surface area contributed by atoms with Gasteiger partial charge in [0, 0.05) is 55.5 Å². The predicted molar refractivity (Wildman–Crippen MR) is 112 cm³/mol. The highest BCUT2D eigenvalue weighted by molar-refractivity contribution is 14.0. The zero-order valence-electron chi connectivity index (χ0n) is 15.3. The average molecular weight is 469 g/mol. The first-order valence-electron chi connectivity index (χ1n) is 8.74. The number of guanidine groups is 1. The molecule has 0 bridgehead atoms. The fraction of sp³-hybridized carbons (Fsp3) is 0.941. The first kappa shape index (κ1) is 20.6. The number of nitrogens with zero attached hydrogens (tertiary/aromatic N) is 1. The van der Waals surface area contributed by atoms with E-state index in [1.54, 1.807) is 0 Å². The molecule has 140 valence electrons. The maximum absolute atomic E-state index is 5.88. The Balaban J connectivity index is 0.00000208. The van der Waals surface area contributed by atoms with Crippen molar-refractivity contribution in [1.29, 1.82) is 0 Å². The monoisotopic (exact) mass is 469 g/mol. The van der Waals surface area contributed by atoms with Crippen LogP contribution in [0.25, 0.3) is 0 Å². The van der Waals surface area contributed by atoms with Gasteiger partial charge in [0.05, 0.1) is 6.10 Å². The molecule has 2 N–H and O–H groups in total. The summed E-state index contributed by atoms with van der Waals surface area (Å²) in [5, 5.41) is 7.23. The van der Waals surface area contributed by atoms with E-state index in [1.165, 1.54) is 0 Å². The molecule has 0 amide bonds. The molecule has 5 nitrogen and oxygen atoms in total. The number of halogens is 1. The van der Waals surface area contributed by atoms with Crippen molar-refractivity contribution in [2.24, 2.45) is 16.3 Å². The van der Waals surface area contributed by atoms with Crippen LogP contribution in [0.3, 0.4) is 0 Å². The Kier molecular flexibility index (Phi) is 7.12. The number of hydrogen-bond donors (Lipinski definition) is 2. The Hall–Kier alpha value is 0.270. The molecule has 0 spiro atoms. The predicted octanol–water partition coefficient (Wildman–Crippen LogP) is 2.50. The minimum Gasteiger partial charge on any atom is -0.381 e. The van der Waals surface area contributed by atoms with Gasteiger partial charge in [-0.3, -0.25) is 4.99 Å². The van der Waals surface area contributed by atoms with E-state index in [2.05, 4.69) is 35.7 Å². The minimum absolute atomic E-state index is 0. The average Bonchev–Trinajstić information content (AvgIpc) is 3.03. The second-order valence-electron chi connectivity index (χ2n) is 7.61. The lowest BCUT2D eigenvalue weighted by atomic mass is 9.57. The molecular weight excluding hydrogens is 437 g/mol. The van der Waals surface area contributed by atoms with Crippen LogP contribution in [0.4, 0.5) is 0 Å². The number of hydrogen-bond acceptors (Lipinski definition) is 4. The van der Waals surface area contributed by atoms with Crippen molar-refractivity contribution in [3.05, 3.63) is 0 Å². The summed E-state index contributed by atoms with van der Waals surface area (Å²) in [6.07, 6.45) is 5.98. The van der Waals surface area contributed by atoms with Crippen molar-refractivity contribution in [2.45, 2.75) is 50.0 Å². The van der Waals surface area contributed by atoms with Gasteiger partial charge in [0.2, 0.25) is 0 Å². The molecule has 0 radical (unpaired) electrons. The van der Waals surface area contributed by atoms with Gasteiger partial charge in [0.15, 0.2) is 5.96 Å². The Labute approximate surface area is 167 Å². The van der Waals surface area contributed by atoms with E-state index < -0.39 is 0 Å². The Morgan fingerprint density at radius 2 is 1.96 bits per heavy atom. The molecule has 2 heterocycles. The van der Waals surface area contributed by atoms with Crippen LogP contribution in [0.2, 0.25) is 0 Å². The van der Waals surface area contributed by atoms with E-state index >= 15 is 0 Å². The molecule has 3 aliphatic rings. The third-order valence-electron chi connectivity index (χ3n) is 6.03. The van der Waals surface area contributed by atoms with Crippen molar-refractivity contribution >= 4 is 41.7 Å². The zero-order chi connectivity index (χ0) is 16.5. The Morgan fingerprint density at radius 3 is 2.58 bits per heavy atom. The van der Waals surface area contributed by atoms with Crippen LogP contribution in [-0.2, 0) is 9.47 Å². The van der Waals surface area contributed by atoms with Gasteiger partial charge in [-0.2, -0.15) is 11.8 Å². The highest BCUT2D eigenvalue weighted by Gasteiger charge is 2.59. The largest absolute Gasteiger partial charge is 0.381 e. The minimum atomic E-state index is 0. The van der Waals surface area contributed by atoms with Gasteiger partial charge in [-0.25, -0.2) is 0 Å². The smallest absolute Gasteiger partial charge is 0.191 e. The molecule has 0 aromatic carbocycles. The molecule has 24 heavy (non-hydrogen) atoms. The summed E-state index contributed by atoms with van der Waals surface area (Å²) in [5.41, 5.74) is 0.175. The van der Waals surface area contributed by atoms with Crippen molar-refractivity contribution in [1.82, 2.24) is 10.6 Å².